The van der Waals surface area contributed by atoms with Crippen LogP contribution in [0.2, 0.25) is 0 Å². The van der Waals surface area contributed by atoms with Gasteiger partial charge in [-0.1, -0.05) is 12.8 Å². The zero-order valence-corrected chi connectivity index (χ0v) is 10.2. The number of rotatable bonds is 8. The molecule has 0 bridgehead atoms. The fourth-order valence-electron chi connectivity index (χ4n) is 1.49. The maximum absolute atomic E-state index is 8.64. The largest absolute Gasteiger partial charge is 0.396 e. The van der Waals surface area contributed by atoms with Crippen LogP contribution in [0.25, 0.3) is 0 Å². The second-order valence-corrected chi connectivity index (χ2v) is 3.81. The summed E-state index contributed by atoms with van der Waals surface area (Å²) in [7, 11) is 1.79. The molecule has 0 saturated carbocycles. The van der Waals surface area contributed by atoms with Crippen LogP contribution in [-0.4, -0.2) is 35.3 Å². The Balaban J connectivity index is 2.28. The van der Waals surface area contributed by atoms with Crippen LogP contribution >= 0.6 is 0 Å². The number of nitrogens with zero attached hydrogens (tertiary/aromatic N) is 2. The summed E-state index contributed by atoms with van der Waals surface area (Å²) in [5.74, 6) is 1.71. The third kappa shape index (κ3) is 5.35. The standard InChI is InChI=1S/C11H21N5O/c1-13-9-8-10(16-11(12)15-9)14-6-4-2-3-5-7-17/h8,17H,2-7H2,1H3,(H4,12,13,14,15,16). The lowest BCUT2D eigenvalue weighted by molar-refractivity contribution is 0.283. The lowest BCUT2D eigenvalue weighted by Crippen LogP contribution is -2.07. The van der Waals surface area contributed by atoms with Crippen molar-refractivity contribution in [3.63, 3.8) is 0 Å². The third-order valence-corrected chi connectivity index (χ3v) is 2.39. The Labute approximate surface area is 102 Å². The quantitative estimate of drug-likeness (QED) is 0.507. The van der Waals surface area contributed by atoms with Gasteiger partial charge in [0.05, 0.1) is 0 Å². The Kier molecular flexibility index (Phi) is 6.09. The van der Waals surface area contributed by atoms with Crippen molar-refractivity contribution in [1.82, 2.24) is 9.97 Å². The highest BCUT2D eigenvalue weighted by Crippen LogP contribution is 2.11. The van der Waals surface area contributed by atoms with Crippen LogP contribution < -0.4 is 16.4 Å². The molecule has 1 heterocycles. The molecular formula is C11H21N5O. The fourth-order valence-corrected chi connectivity index (χ4v) is 1.49. The van der Waals surface area contributed by atoms with Crippen molar-refractivity contribution in [3.05, 3.63) is 6.07 Å². The smallest absolute Gasteiger partial charge is 0.223 e. The van der Waals surface area contributed by atoms with E-state index in [0.29, 0.717) is 5.82 Å². The molecule has 5 N–H and O–H groups in total. The van der Waals surface area contributed by atoms with Crippen molar-refractivity contribution < 1.29 is 5.11 Å². The van der Waals surface area contributed by atoms with Gasteiger partial charge in [-0.15, -0.1) is 0 Å². The Hall–Kier alpha value is -1.56. The van der Waals surface area contributed by atoms with Crippen molar-refractivity contribution in [2.75, 3.05) is 36.6 Å². The molecule has 0 fully saturated rings. The average molecular weight is 239 g/mol. The Bertz CT molecular complexity index is 332. The van der Waals surface area contributed by atoms with E-state index in [9.17, 15) is 0 Å². The zero-order valence-electron chi connectivity index (χ0n) is 10.2. The second kappa shape index (κ2) is 7.67. The average Bonchev–Trinajstić information content (AvgIpc) is 2.33. The zero-order chi connectivity index (χ0) is 12.5. The Morgan fingerprint density at radius 1 is 1.18 bits per heavy atom. The number of aromatic nitrogens is 2. The molecule has 0 spiro atoms. The van der Waals surface area contributed by atoms with Crippen molar-refractivity contribution >= 4 is 17.6 Å². The summed E-state index contributed by atoms with van der Waals surface area (Å²) in [5, 5.41) is 14.8. The topological polar surface area (TPSA) is 96.1 Å². The maximum Gasteiger partial charge on any atom is 0.223 e. The molecule has 0 aliphatic rings. The van der Waals surface area contributed by atoms with Gasteiger partial charge in [0.25, 0.3) is 0 Å². The van der Waals surface area contributed by atoms with Crippen LogP contribution in [0.4, 0.5) is 17.6 Å². The first kappa shape index (κ1) is 13.5. The van der Waals surface area contributed by atoms with Gasteiger partial charge in [0.2, 0.25) is 5.95 Å². The molecule has 96 valence electrons. The lowest BCUT2D eigenvalue weighted by atomic mass is 10.2. The summed E-state index contributed by atoms with van der Waals surface area (Å²) in [4.78, 5) is 8.10. The van der Waals surface area contributed by atoms with Gasteiger partial charge < -0.3 is 21.5 Å². The van der Waals surface area contributed by atoms with Crippen LogP contribution in [0.5, 0.6) is 0 Å². The molecule has 1 rings (SSSR count). The van der Waals surface area contributed by atoms with Gasteiger partial charge in [0.15, 0.2) is 0 Å². The van der Waals surface area contributed by atoms with E-state index in [-0.39, 0.29) is 12.6 Å². The van der Waals surface area contributed by atoms with Crippen molar-refractivity contribution in [2.24, 2.45) is 0 Å². The molecule has 6 nitrogen and oxygen atoms in total. The minimum atomic E-state index is 0.264. The molecule has 0 aliphatic heterocycles. The van der Waals surface area contributed by atoms with Crippen molar-refractivity contribution in [2.45, 2.75) is 25.7 Å². The second-order valence-electron chi connectivity index (χ2n) is 3.81. The minimum Gasteiger partial charge on any atom is -0.396 e. The van der Waals surface area contributed by atoms with Gasteiger partial charge in [-0.2, -0.15) is 9.97 Å². The van der Waals surface area contributed by atoms with E-state index in [1.807, 2.05) is 6.07 Å². The van der Waals surface area contributed by atoms with Crippen molar-refractivity contribution in [1.29, 1.82) is 0 Å². The number of unbranched alkanes of at least 4 members (excludes halogenated alkanes) is 3. The summed E-state index contributed by atoms with van der Waals surface area (Å²) in [6.07, 6.45) is 4.10. The highest BCUT2D eigenvalue weighted by molar-refractivity contribution is 5.50. The first-order valence-corrected chi connectivity index (χ1v) is 5.93. The molecule has 17 heavy (non-hydrogen) atoms. The predicted octanol–water partition coefficient (Wildman–Crippen LogP) is 1.07. The molecule has 0 aromatic carbocycles. The third-order valence-electron chi connectivity index (χ3n) is 2.39. The van der Waals surface area contributed by atoms with Gasteiger partial charge in [-0.25, -0.2) is 0 Å². The summed E-state index contributed by atoms with van der Waals surface area (Å²) in [6, 6.07) is 1.82. The van der Waals surface area contributed by atoms with E-state index in [1.54, 1.807) is 7.05 Å². The van der Waals surface area contributed by atoms with Gasteiger partial charge >= 0.3 is 0 Å². The maximum atomic E-state index is 8.64. The molecule has 0 unspecified atom stereocenters. The predicted molar refractivity (Wildman–Crippen MR) is 70.0 cm³/mol. The van der Waals surface area contributed by atoms with Crippen molar-refractivity contribution in [3.8, 4) is 0 Å². The highest BCUT2D eigenvalue weighted by atomic mass is 16.2. The number of nitrogens with one attached hydrogen (secondary N) is 2. The minimum absolute atomic E-state index is 0.264. The number of anilines is 3. The normalized spacial score (nSPS) is 10.2. The summed E-state index contributed by atoms with van der Waals surface area (Å²) < 4.78 is 0. The molecule has 0 aliphatic carbocycles. The monoisotopic (exact) mass is 239 g/mol. The SMILES string of the molecule is CNc1cc(NCCCCCCO)nc(N)n1. The van der Waals surface area contributed by atoms with Crippen LogP contribution in [-0.2, 0) is 0 Å². The first-order chi connectivity index (χ1) is 8.26. The van der Waals surface area contributed by atoms with Gasteiger partial charge in [0, 0.05) is 26.3 Å². The molecule has 0 radical (unpaired) electrons. The molecule has 1 aromatic rings. The number of hydrogen-bond donors (Lipinski definition) is 4. The van der Waals surface area contributed by atoms with Crippen LogP contribution in [0.1, 0.15) is 25.7 Å². The number of nitrogen functional groups attached to an aromatic ring is 1. The molecule has 0 atom stereocenters. The number of aliphatic hydroxyl groups is 1. The van der Waals surface area contributed by atoms with Crippen LogP contribution in [0, 0.1) is 0 Å². The highest BCUT2D eigenvalue weighted by Gasteiger charge is 2.00. The molecule has 0 saturated heterocycles. The Morgan fingerprint density at radius 2 is 1.88 bits per heavy atom. The fraction of sp³-hybridized carbons (Fsp3) is 0.636. The van der Waals surface area contributed by atoms with E-state index < -0.39 is 0 Å². The first-order valence-electron chi connectivity index (χ1n) is 5.93. The number of nitrogens with two attached hydrogens (primary N) is 1. The summed E-state index contributed by atoms with van der Waals surface area (Å²) in [6.45, 7) is 1.13. The number of aliphatic hydroxyl groups excluding tert-OH is 1. The summed E-state index contributed by atoms with van der Waals surface area (Å²) >= 11 is 0. The van der Waals surface area contributed by atoms with E-state index in [4.69, 9.17) is 10.8 Å². The molecule has 1 aromatic heterocycles. The van der Waals surface area contributed by atoms with E-state index in [2.05, 4.69) is 20.6 Å². The molecular weight excluding hydrogens is 218 g/mol. The molecule has 6 heteroatoms. The summed E-state index contributed by atoms with van der Waals surface area (Å²) in [5.41, 5.74) is 5.57. The van der Waals surface area contributed by atoms with E-state index in [1.165, 1.54) is 0 Å². The Morgan fingerprint density at radius 3 is 2.59 bits per heavy atom. The van der Waals surface area contributed by atoms with Crippen LogP contribution in [0.3, 0.4) is 0 Å². The van der Waals surface area contributed by atoms with E-state index >= 15 is 0 Å². The lowest BCUT2D eigenvalue weighted by Gasteiger charge is -2.07. The van der Waals surface area contributed by atoms with Gasteiger partial charge in [-0.05, 0) is 12.8 Å². The van der Waals surface area contributed by atoms with E-state index in [0.717, 1.165) is 38.0 Å². The number of hydrogen-bond acceptors (Lipinski definition) is 6. The van der Waals surface area contributed by atoms with Crippen LogP contribution in [0.15, 0.2) is 6.07 Å². The van der Waals surface area contributed by atoms with Gasteiger partial charge in [-0.3, -0.25) is 0 Å². The molecule has 0 amide bonds. The van der Waals surface area contributed by atoms with Gasteiger partial charge in [0.1, 0.15) is 11.6 Å².